The van der Waals surface area contributed by atoms with Crippen LogP contribution in [0.1, 0.15) is 128 Å². The molecule has 0 bridgehead atoms. The van der Waals surface area contributed by atoms with Gasteiger partial charge in [-0.05, 0) is 91.9 Å². The zero-order chi connectivity index (χ0) is 41.5. The van der Waals surface area contributed by atoms with Gasteiger partial charge < -0.3 is 24.4 Å². The summed E-state index contributed by atoms with van der Waals surface area (Å²) in [4.78, 5) is 6.51. The number of benzene rings is 5. The Hall–Kier alpha value is -4.54. The summed E-state index contributed by atoms with van der Waals surface area (Å²) in [5.74, 6) is 1.24. The van der Waals surface area contributed by atoms with Crippen molar-refractivity contribution in [3.05, 3.63) is 143 Å². The van der Waals surface area contributed by atoms with Crippen LogP contribution in [0.4, 0.5) is 22.7 Å². The summed E-state index contributed by atoms with van der Waals surface area (Å²) in [6.07, 6.45) is 1.77. The van der Waals surface area contributed by atoms with E-state index in [1.165, 1.54) is 67.0 Å². The first-order chi connectivity index (χ1) is 27.1. The van der Waals surface area contributed by atoms with Gasteiger partial charge in [-0.25, -0.2) is 0 Å². The van der Waals surface area contributed by atoms with Crippen molar-refractivity contribution in [3.8, 4) is 22.6 Å². The minimum Gasteiger partial charge on any atom is -0.509 e. The number of rotatable bonds is 3. The van der Waals surface area contributed by atoms with Crippen molar-refractivity contribution >= 4 is 29.1 Å². The van der Waals surface area contributed by atoms with Crippen molar-refractivity contribution < 1.29 is 25.8 Å². The van der Waals surface area contributed by atoms with E-state index >= 15 is 0 Å². The number of para-hydroxylation sites is 1. The van der Waals surface area contributed by atoms with Crippen molar-refractivity contribution in [2.24, 2.45) is 5.10 Å². The fraction of sp³-hybridized carbons (Fsp3) is 0.365. The van der Waals surface area contributed by atoms with E-state index in [0.717, 1.165) is 11.4 Å². The topological polar surface area (TPSA) is 34.6 Å². The number of fused-ring (bicyclic) bond motifs is 9. The molecule has 0 amide bonds. The van der Waals surface area contributed by atoms with E-state index in [1.54, 1.807) is 11.3 Å². The summed E-state index contributed by atoms with van der Waals surface area (Å²) in [7, 11) is 4.11. The van der Waals surface area contributed by atoms with Crippen molar-refractivity contribution in [1.29, 1.82) is 0 Å². The van der Waals surface area contributed by atoms with Gasteiger partial charge in [-0.3, -0.25) is 0 Å². The maximum atomic E-state index is 6.68. The first-order valence-electron chi connectivity index (χ1n) is 20.7. The van der Waals surface area contributed by atoms with Gasteiger partial charge in [0.05, 0.1) is 6.34 Å². The molecule has 0 saturated heterocycles. The molecule has 0 radical (unpaired) electrons. The standard InChI is InChI=1S/C52H57N5O.Pt/c1-48(2,3)32-23-37-38-24-33(49(4,5)6)26-42(51(10,11)12)46(38)52(45(37)41(25-32)50(7,8)9)39-22-21-36(58-35-18-15-17-34(27-35)57-30-54(13)29-53-57)28-44(39)56-31-55(14)43-20-16-19-40(52)47(43)56;/h15-26,29-31H,1-14H3;/q-4;+4. The van der Waals surface area contributed by atoms with Gasteiger partial charge in [-0.15, -0.1) is 42.6 Å². The van der Waals surface area contributed by atoms with Crippen molar-refractivity contribution in [3.63, 3.8) is 0 Å². The van der Waals surface area contributed by atoms with Gasteiger partial charge in [0, 0.05) is 28.3 Å². The molecule has 0 unspecified atom stereocenters. The van der Waals surface area contributed by atoms with Crippen LogP contribution in [0.2, 0.25) is 0 Å². The quantitative estimate of drug-likeness (QED) is 0.165. The molecule has 5 aromatic rings. The van der Waals surface area contributed by atoms with Crippen LogP contribution in [0, 0.1) is 25.5 Å². The molecular formula is C52H57N5OPt. The van der Waals surface area contributed by atoms with E-state index in [2.05, 4.69) is 178 Å². The molecule has 306 valence electrons. The molecule has 0 aromatic heterocycles. The van der Waals surface area contributed by atoms with Gasteiger partial charge >= 0.3 is 21.1 Å². The van der Waals surface area contributed by atoms with Crippen molar-refractivity contribution in [2.45, 2.75) is 110 Å². The molecule has 0 fully saturated rings. The third-order valence-corrected chi connectivity index (χ3v) is 12.4. The number of nitrogens with zero attached hydrogens (tertiary/aromatic N) is 5. The second-order valence-electron chi connectivity index (χ2n) is 20.9. The molecule has 5 aromatic carbocycles. The largest absolute Gasteiger partial charge is 4.00 e. The second kappa shape index (κ2) is 13.5. The van der Waals surface area contributed by atoms with Crippen LogP contribution in [0.5, 0.6) is 11.5 Å². The van der Waals surface area contributed by atoms with Gasteiger partial charge in [0.1, 0.15) is 0 Å². The summed E-state index contributed by atoms with van der Waals surface area (Å²) in [6.45, 7) is 32.6. The van der Waals surface area contributed by atoms with Gasteiger partial charge in [0.15, 0.2) is 0 Å². The van der Waals surface area contributed by atoms with E-state index < -0.39 is 5.41 Å². The SMILES string of the molecule is CN1C=NN(c2[c-]c(Oc3[c-]c4c(cc3)C3(c5cccc6c5N4[CH-]N6C)c4c(cc(C(C)(C)C)cc4C(C)(C)C)-c4cc(C(C)(C)C)cc(C(C)(C)C)c43)ccc2)[CH-]1.[Pt+4]. The van der Waals surface area contributed by atoms with E-state index in [0.29, 0.717) is 11.5 Å². The molecule has 9 rings (SSSR count). The van der Waals surface area contributed by atoms with Crippen LogP contribution in [0.15, 0.2) is 77.9 Å². The Morgan fingerprint density at radius 2 is 1.20 bits per heavy atom. The van der Waals surface area contributed by atoms with Crippen molar-refractivity contribution in [2.75, 3.05) is 28.9 Å². The molecule has 3 heterocycles. The summed E-state index contributed by atoms with van der Waals surface area (Å²) in [5.41, 5.74) is 16.6. The average molecular weight is 963 g/mol. The molecule has 0 saturated carbocycles. The number of hydrogen-bond acceptors (Lipinski definition) is 6. The van der Waals surface area contributed by atoms with Gasteiger partial charge in [-0.2, -0.15) is 23.9 Å². The number of hydrogen-bond donors (Lipinski definition) is 0. The normalized spacial score (nSPS) is 16.3. The smallest absolute Gasteiger partial charge is 0.509 e. The summed E-state index contributed by atoms with van der Waals surface area (Å²) >= 11 is 0. The maximum Gasteiger partial charge on any atom is 4.00 e. The maximum absolute atomic E-state index is 6.68. The zero-order valence-electron chi connectivity index (χ0n) is 37.1. The van der Waals surface area contributed by atoms with Crippen LogP contribution in [-0.2, 0) is 48.1 Å². The summed E-state index contributed by atoms with van der Waals surface area (Å²) in [5, 5.41) is 6.28. The van der Waals surface area contributed by atoms with E-state index in [9.17, 15) is 0 Å². The fourth-order valence-corrected chi connectivity index (χ4v) is 9.47. The zero-order valence-corrected chi connectivity index (χ0v) is 39.4. The average Bonchev–Trinajstić information content (AvgIpc) is 3.81. The Morgan fingerprint density at radius 1 is 0.627 bits per heavy atom. The van der Waals surface area contributed by atoms with Crippen LogP contribution >= 0.6 is 0 Å². The van der Waals surface area contributed by atoms with Gasteiger partial charge in [-0.1, -0.05) is 131 Å². The molecule has 0 N–H and O–H groups in total. The Kier molecular flexibility index (Phi) is 9.42. The minimum absolute atomic E-state index is 0. The second-order valence-corrected chi connectivity index (χ2v) is 20.9. The minimum atomic E-state index is -0.643. The van der Waals surface area contributed by atoms with Gasteiger partial charge in [0.25, 0.3) is 0 Å². The molecular weight excluding hydrogens is 906 g/mol. The predicted octanol–water partition coefficient (Wildman–Crippen LogP) is 12.5. The molecule has 0 atom stereocenters. The molecule has 7 heteroatoms. The first-order valence-corrected chi connectivity index (χ1v) is 20.7. The summed E-state index contributed by atoms with van der Waals surface area (Å²) < 4.78 is 6.68. The number of anilines is 4. The van der Waals surface area contributed by atoms with E-state index in [-0.39, 0.29) is 42.7 Å². The van der Waals surface area contributed by atoms with E-state index in [1.807, 2.05) is 36.8 Å². The number of ether oxygens (including phenoxy) is 1. The number of hydrazone groups is 1. The first kappa shape index (κ1) is 41.2. The third kappa shape index (κ3) is 6.34. The van der Waals surface area contributed by atoms with Crippen LogP contribution in [0.3, 0.4) is 0 Å². The Bertz CT molecular complexity index is 2460. The molecule has 4 aliphatic rings. The van der Waals surface area contributed by atoms with Crippen LogP contribution in [-0.4, -0.2) is 25.3 Å². The van der Waals surface area contributed by atoms with Crippen LogP contribution in [0.25, 0.3) is 11.1 Å². The molecule has 3 aliphatic heterocycles. The van der Waals surface area contributed by atoms with Crippen LogP contribution < -0.4 is 19.5 Å². The third-order valence-electron chi connectivity index (χ3n) is 12.4. The Balaban J connectivity index is 0.00000484. The predicted molar refractivity (Wildman–Crippen MR) is 241 cm³/mol. The van der Waals surface area contributed by atoms with Crippen molar-refractivity contribution in [1.82, 2.24) is 4.90 Å². The monoisotopic (exact) mass is 962 g/mol. The van der Waals surface area contributed by atoms with Gasteiger partial charge in [0.2, 0.25) is 0 Å². The Labute approximate surface area is 367 Å². The fourth-order valence-electron chi connectivity index (χ4n) is 9.47. The molecule has 1 aliphatic carbocycles. The Morgan fingerprint density at radius 3 is 1.75 bits per heavy atom. The molecule has 1 spiro atoms. The molecule has 59 heavy (non-hydrogen) atoms. The van der Waals surface area contributed by atoms with E-state index in [4.69, 9.17) is 4.74 Å². The molecule has 6 nitrogen and oxygen atoms in total. The summed E-state index contributed by atoms with van der Waals surface area (Å²) in [6, 6.07) is 34.7.